The van der Waals surface area contributed by atoms with Crippen LogP contribution in [0.3, 0.4) is 0 Å². The maximum atomic E-state index is 12.2. The molecule has 0 bridgehead atoms. The van der Waals surface area contributed by atoms with E-state index >= 15 is 0 Å². The summed E-state index contributed by atoms with van der Waals surface area (Å²) in [5.74, 6) is -0.355. The van der Waals surface area contributed by atoms with Crippen LogP contribution in [0.2, 0.25) is 0 Å². The first-order chi connectivity index (χ1) is 30.0. The Morgan fingerprint density at radius 3 is 0.623 bits per heavy atom. The SMILES string of the molecule is [O-]B([O-])Oc1ccc(F)cc1.c1ccc([P+](c2ccccc2)(c2ccccc2)c2ccccc2)cc1.c1ccc([P+](c2ccccc2)(c2ccccc2)c2ccccc2)cc1. The van der Waals surface area contributed by atoms with Crippen LogP contribution in [-0.2, 0) is 0 Å². The van der Waals surface area contributed by atoms with Crippen molar-refractivity contribution in [3.8, 4) is 5.75 Å². The molecule has 3 nitrogen and oxygen atoms in total. The van der Waals surface area contributed by atoms with Gasteiger partial charge in [0, 0.05) is 0 Å². The zero-order valence-electron chi connectivity index (χ0n) is 33.5. The van der Waals surface area contributed by atoms with Crippen molar-refractivity contribution in [2.75, 3.05) is 0 Å². The summed E-state index contributed by atoms with van der Waals surface area (Å²) in [7, 11) is -6.17. The van der Waals surface area contributed by atoms with Gasteiger partial charge in [-0.3, -0.25) is 0 Å². The summed E-state index contributed by atoms with van der Waals surface area (Å²) in [6, 6.07) is 92.3. The van der Waals surface area contributed by atoms with Crippen LogP contribution in [0.5, 0.6) is 5.75 Å². The molecule has 0 aliphatic carbocycles. The number of benzene rings is 9. The van der Waals surface area contributed by atoms with Gasteiger partial charge in [-0.1, -0.05) is 146 Å². The predicted octanol–water partition coefficient (Wildman–Crippen LogP) is 7.52. The van der Waals surface area contributed by atoms with Crippen molar-refractivity contribution < 1.29 is 19.1 Å². The molecule has 9 aromatic carbocycles. The van der Waals surface area contributed by atoms with Gasteiger partial charge in [-0.25, -0.2) is 4.39 Å². The van der Waals surface area contributed by atoms with Crippen LogP contribution < -0.4 is 57.1 Å². The Morgan fingerprint density at radius 2 is 0.459 bits per heavy atom. The minimum absolute atomic E-state index is 0.0846. The van der Waals surface area contributed by atoms with Crippen LogP contribution in [0.25, 0.3) is 0 Å². The second-order valence-electron chi connectivity index (χ2n) is 13.9. The fourth-order valence-corrected chi connectivity index (χ4v) is 16.2. The summed E-state index contributed by atoms with van der Waals surface area (Å²) in [6.45, 7) is 0. The molecule has 0 fully saturated rings. The molecule has 7 heteroatoms. The number of hydrogen-bond acceptors (Lipinski definition) is 3. The van der Waals surface area contributed by atoms with E-state index in [0.717, 1.165) is 12.1 Å². The highest BCUT2D eigenvalue weighted by Gasteiger charge is 2.48. The van der Waals surface area contributed by atoms with Gasteiger partial charge >= 0.3 is 0 Å². The third kappa shape index (κ3) is 9.96. The Morgan fingerprint density at radius 1 is 0.279 bits per heavy atom. The normalized spacial score (nSPS) is 10.9. The van der Waals surface area contributed by atoms with Crippen LogP contribution in [0, 0.1) is 5.82 Å². The number of halogens is 1. The second kappa shape index (κ2) is 21.2. The van der Waals surface area contributed by atoms with Crippen molar-refractivity contribution >= 4 is 64.3 Å². The quantitative estimate of drug-likeness (QED) is 0.106. The van der Waals surface area contributed by atoms with Gasteiger partial charge in [0.1, 0.15) is 70.1 Å². The Bertz CT molecular complexity index is 2120. The first kappa shape index (κ1) is 42.7. The van der Waals surface area contributed by atoms with Crippen LogP contribution in [0.1, 0.15) is 0 Å². The topological polar surface area (TPSA) is 55.3 Å². The molecule has 0 heterocycles. The van der Waals surface area contributed by atoms with Gasteiger partial charge in [-0.15, -0.1) is 0 Å². The molecule has 0 radical (unpaired) electrons. The molecule has 0 aromatic heterocycles. The Labute approximate surface area is 360 Å². The molecule has 9 rings (SSSR count). The number of hydrogen-bond donors (Lipinski definition) is 0. The molecular weight excluding hydrogens is 788 g/mol. The average molecular weight is 833 g/mol. The van der Waals surface area contributed by atoms with E-state index in [1.807, 2.05) is 0 Å². The predicted molar refractivity (Wildman–Crippen MR) is 255 cm³/mol. The van der Waals surface area contributed by atoms with E-state index in [2.05, 4.69) is 247 Å². The third-order valence-corrected chi connectivity index (χ3v) is 18.8. The van der Waals surface area contributed by atoms with Crippen molar-refractivity contribution in [1.82, 2.24) is 0 Å². The van der Waals surface area contributed by atoms with E-state index in [1.165, 1.54) is 54.6 Å². The van der Waals surface area contributed by atoms with Crippen molar-refractivity contribution in [2.45, 2.75) is 0 Å². The lowest BCUT2D eigenvalue weighted by atomic mass is 10.2. The van der Waals surface area contributed by atoms with Gasteiger partial charge in [0.25, 0.3) is 0 Å². The van der Waals surface area contributed by atoms with Crippen molar-refractivity contribution in [3.63, 3.8) is 0 Å². The second-order valence-corrected chi connectivity index (χ2v) is 20.7. The van der Waals surface area contributed by atoms with E-state index in [4.69, 9.17) is 0 Å². The fourth-order valence-electron chi connectivity index (χ4n) is 7.63. The summed E-state index contributed by atoms with van der Waals surface area (Å²) in [5, 5.41) is 30.9. The molecule has 0 aliphatic heterocycles. The summed E-state index contributed by atoms with van der Waals surface area (Å²) in [5.41, 5.74) is 0. The molecule has 0 unspecified atom stereocenters. The molecule has 0 saturated heterocycles. The van der Waals surface area contributed by atoms with E-state index in [-0.39, 0.29) is 5.75 Å². The largest absolute Gasteiger partial charge is 0.860 e. The lowest BCUT2D eigenvalue weighted by Crippen LogP contribution is -2.50. The van der Waals surface area contributed by atoms with Gasteiger partial charge in [0.15, 0.2) is 0 Å². The molecule has 0 aliphatic rings. The summed E-state index contributed by atoms with van der Waals surface area (Å²) >= 11 is 0. The molecule has 0 atom stereocenters. The van der Waals surface area contributed by atoms with E-state index < -0.39 is 27.7 Å². The highest BCUT2D eigenvalue weighted by Crippen LogP contribution is 2.55. The Kier molecular flexibility index (Phi) is 14.8. The first-order valence-corrected chi connectivity index (χ1v) is 23.6. The third-order valence-electron chi connectivity index (χ3n) is 10.2. The van der Waals surface area contributed by atoms with Crippen LogP contribution in [0.15, 0.2) is 267 Å². The summed E-state index contributed by atoms with van der Waals surface area (Å²) < 4.78 is 16.4. The van der Waals surface area contributed by atoms with Gasteiger partial charge in [0.2, 0.25) is 0 Å². The highest BCUT2D eigenvalue weighted by molar-refractivity contribution is 8.02. The van der Waals surface area contributed by atoms with Crippen molar-refractivity contribution in [3.05, 3.63) is 273 Å². The van der Waals surface area contributed by atoms with Crippen LogP contribution >= 0.6 is 14.5 Å². The van der Waals surface area contributed by atoms with Crippen molar-refractivity contribution in [1.29, 1.82) is 0 Å². The average Bonchev–Trinajstić information content (AvgIpc) is 3.33. The number of rotatable bonds is 10. The Balaban J connectivity index is 0.000000149. The molecule has 0 amide bonds. The smallest absolute Gasteiger partial charge is 0.144 e. The highest BCUT2D eigenvalue weighted by atomic mass is 31.2. The summed E-state index contributed by atoms with van der Waals surface area (Å²) in [4.78, 5) is 0. The van der Waals surface area contributed by atoms with Gasteiger partial charge < -0.3 is 14.7 Å². The molecular formula is C54H44BFO3P2. The Hall–Kier alpha value is -6.45. The lowest BCUT2D eigenvalue weighted by Gasteiger charge is -2.27. The first-order valence-electron chi connectivity index (χ1n) is 20.0. The zero-order chi connectivity index (χ0) is 42.2. The lowest BCUT2D eigenvalue weighted by molar-refractivity contribution is -0.372. The zero-order valence-corrected chi connectivity index (χ0v) is 35.3. The molecule has 61 heavy (non-hydrogen) atoms. The molecule has 9 aromatic rings. The molecule has 298 valence electrons. The fraction of sp³-hybridized carbons (Fsp3) is 0. The minimum Gasteiger partial charge on any atom is -0.860 e. The molecule has 0 N–H and O–H groups in total. The minimum atomic E-state index is -2.36. The van der Waals surface area contributed by atoms with Crippen LogP contribution in [-0.4, -0.2) is 7.32 Å². The van der Waals surface area contributed by atoms with E-state index in [1.54, 1.807) is 0 Å². The van der Waals surface area contributed by atoms with Gasteiger partial charge in [-0.05, 0) is 121 Å². The molecule has 0 spiro atoms. The molecule has 0 saturated carbocycles. The maximum absolute atomic E-state index is 12.2. The van der Waals surface area contributed by atoms with Crippen molar-refractivity contribution in [2.24, 2.45) is 0 Å². The van der Waals surface area contributed by atoms with Gasteiger partial charge in [0.05, 0.1) is 5.75 Å². The summed E-state index contributed by atoms with van der Waals surface area (Å²) in [6.07, 6.45) is 0. The maximum Gasteiger partial charge on any atom is 0.144 e. The van der Waals surface area contributed by atoms with E-state index in [9.17, 15) is 14.4 Å². The van der Waals surface area contributed by atoms with Gasteiger partial charge in [-0.2, -0.15) is 0 Å². The standard InChI is InChI=1S/2C24H20P.C6H4BFO3/c2*1-5-13-21(14-6-1)25(22-15-7-2-8-16-22,23-17-9-3-10-18-23)24-19-11-4-12-20-24;8-5-1-3-6(4-2-5)11-7(9)10/h2*1-20H;1-4H/q2*+1;-2. The van der Waals surface area contributed by atoms with E-state index in [0.29, 0.717) is 0 Å². The monoisotopic (exact) mass is 832 g/mol. The van der Waals surface area contributed by atoms with Crippen LogP contribution in [0.4, 0.5) is 4.39 Å².